The molecule has 0 aromatic heterocycles. The molecule has 1 saturated carbocycles. The molecule has 0 saturated heterocycles. The van der Waals surface area contributed by atoms with Gasteiger partial charge in [0.1, 0.15) is 0 Å². The van der Waals surface area contributed by atoms with Crippen molar-refractivity contribution in [2.45, 2.75) is 57.5 Å². The van der Waals surface area contributed by atoms with Crippen molar-refractivity contribution in [1.82, 2.24) is 5.32 Å². The van der Waals surface area contributed by atoms with Gasteiger partial charge in [0.05, 0.1) is 0 Å². The van der Waals surface area contributed by atoms with Gasteiger partial charge in [-0.1, -0.05) is 37.4 Å². The number of fused-ring (bicyclic) bond motifs is 1. The van der Waals surface area contributed by atoms with E-state index in [-0.39, 0.29) is 0 Å². The lowest BCUT2D eigenvalue weighted by atomic mass is 9.86. The third kappa shape index (κ3) is 2.57. The lowest BCUT2D eigenvalue weighted by Gasteiger charge is -2.30. The highest BCUT2D eigenvalue weighted by Crippen LogP contribution is 2.34. The quantitative estimate of drug-likeness (QED) is 0.829. The molecule has 0 spiro atoms. The topological polar surface area (TPSA) is 12.0 Å². The van der Waals surface area contributed by atoms with Crippen molar-refractivity contribution in [2.75, 3.05) is 0 Å². The Morgan fingerprint density at radius 1 is 1.22 bits per heavy atom. The van der Waals surface area contributed by atoms with Gasteiger partial charge in [0, 0.05) is 17.1 Å². The van der Waals surface area contributed by atoms with E-state index >= 15 is 0 Å². The molecule has 1 nitrogen and oxygen atoms in total. The molecule has 0 radical (unpaired) electrons. The second-order valence-corrected chi connectivity index (χ2v) is 6.51. The summed E-state index contributed by atoms with van der Waals surface area (Å²) in [5, 5.41) is 4.76. The number of hydrogen-bond acceptors (Lipinski definition) is 1. The van der Waals surface area contributed by atoms with Crippen molar-refractivity contribution < 1.29 is 0 Å². The van der Waals surface area contributed by atoms with Gasteiger partial charge in [0.2, 0.25) is 0 Å². The Morgan fingerprint density at radius 3 is 2.94 bits per heavy atom. The molecular weight excluding hydrogens is 242 g/mol. The maximum absolute atomic E-state index is 6.06. The molecule has 1 N–H and O–H groups in total. The minimum Gasteiger partial charge on any atom is -0.307 e. The summed E-state index contributed by atoms with van der Waals surface area (Å²) in [7, 11) is 0. The predicted molar refractivity (Wildman–Crippen MR) is 77.1 cm³/mol. The van der Waals surface area contributed by atoms with Gasteiger partial charge in [-0.05, 0) is 54.9 Å². The maximum atomic E-state index is 6.06. The SMILES string of the molecule is CC1CCCC(NC2CCc3cc(Cl)ccc32)C1. The fourth-order valence-corrected chi connectivity index (χ4v) is 3.82. The second-order valence-electron chi connectivity index (χ2n) is 6.07. The van der Waals surface area contributed by atoms with Gasteiger partial charge in [-0.25, -0.2) is 0 Å². The third-order valence-corrected chi connectivity index (χ3v) is 4.79. The highest BCUT2D eigenvalue weighted by molar-refractivity contribution is 6.30. The summed E-state index contributed by atoms with van der Waals surface area (Å²) in [4.78, 5) is 0. The average molecular weight is 264 g/mol. The summed E-state index contributed by atoms with van der Waals surface area (Å²) in [6.07, 6.45) is 7.91. The second kappa shape index (κ2) is 5.22. The minimum absolute atomic E-state index is 0.563. The van der Waals surface area contributed by atoms with Crippen LogP contribution in [0.5, 0.6) is 0 Å². The molecule has 98 valence electrons. The van der Waals surface area contributed by atoms with Crippen molar-refractivity contribution in [3.8, 4) is 0 Å². The van der Waals surface area contributed by atoms with Crippen LogP contribution < -0.4 is 5.32 Å². The zero-order valence-electron chi connectivity index (χ0n) is 11.1. The van der Waals surface area contributed by atoms with Gasteiger partial charge in [-0.2, -0.15) is 0 Å². The van der Waals surface area contributed by atoms with Crippen LogP contribution >= 0.6 is 11.6 Å². The van der Waals surface area contributed by atoms with Crippen LogP contribution in [0.2, 0.25) is 5.02 Å². The Hall–Kier alpha value is -0.530. The molecule has 2 heteroatoms. The smallest absolute Gasteiger partial charge is 0.0408 e. The minimum atomic E-state index is 0.563. The van der Waals surface area contributed by atoms with Gasteiger partial charge in [-0.3, -0.25) is 0 Å². The summed E-state index contributed by atoms with van der Waals surface area (Å²) < 4.78 is 0. The van der Waals surface area contributed by atoms with E-state index in [0.29, 0.717) is 6.04 Å². The van der Waals surface area contributed by atoms with Crippen molar-refractivity contribution in [2.24, 2.45) is 5.92 Å². The largest absolute Gasteiger partial charge is 0.307 e. The zero-order chi connectivity index (χ0) is 12.5. The summed E-state index contributed by atoms with van der Waals surface area (Å²) in [6.45, 7) is 2.39. The van der Waals surface area contributed by atoms with E-state index in [0.717, 1.165) is 17.0 Å². The van der Waals surface area contributed by atoms with Gasteiger partial charge in [0.25, 0.3) is 0 Å². The number of halogens is 1. The molecule has 0 aliphatic heterocycles. The molecule has 1 aromatic carbocycles. The monoisotopic (exact) mass is 263 g/mol. The molecule has 0 bridgehead atoms. The Labute approximate surface area is 115 Å². The van der Waals surface area contributed by atoms with Crippen LogP contribution in [0, 0.1) is 5.92 Å². The van der Waals surface area contributed by atoms with E-state index in [1.165, 1.54) is 49.7 Å². The molecule has 2 aliphatic rings. The van der Waals surface area contributed by atoms with Crippen molar-refractivity contribution in [1.29, 1.82) is 0 Å². The fourth-order valence-electron chi connectivity index (χ4n) is 3.63. The van der Waals surface area contributed by atoms with E-state index in [2.05, 4.69) is 24.4 Å². The van der Waals surface area contributed by atoms with Crippen LogP contribution in [0.3, 0.4) is 0 Å². The molecule has 0 amide bonds. The first kappa shape index (κ1) is 12.5. The van der Waals surface area contributed by atoms with Gasteiger partial charge in [0.15, 0.2) is 0 Å². The predicted octanol–water partition coefficient (Wildman–Crippen LogP) is 4.50. The highest BCUT2D eigenvalue weighted by Gasteiger charge is 2.26. The van der Waals surface area contributed by atoms with Crippen LogP contribution in [-0.4, -0.2) is 6.04 Å². The van der Waals surface area contributed by atoms with Crippen LogP contribution in [-0.2, 0) is 6.42 Å². The Balaban J connectivity index is 1.69. The van der Waals surface area contributed by atoms with Crippen LogP contribution in [0.1, 0.15) is 56.2 Å². The lowest BCUT2D eigenvalue weighted by molar-refractivity contribution is 0.280. The van der Waals surface area contributed by atoms with Crippen molar-refractivity contribution in [3.05, 3.63) is 34.3 Å². The molecule has 3 unspecified atom stereocenters. The molecule has 1 fully saturated rings. The fraction of sp³-hybridized carbons (Fsp3) is 0.625. The number of benzene rings is 1. The van der Waals surface area contributed by atoms with Crippen LogP contribution in [0.15, 0.2) is 18.2 Å². The summed E-state index contributed by atoms with van der Waals surface area (Å²) >= 11 is 6.06. The number of rotatable bonds is 2. The number of nitrogens with one attached hydrogen (secondary N) is 1. The Morgan fingerprint density at radius 2 is 2.11 bits per heavy atom. The number of hydrogen-bond donors (Lipinski definition) is 1. The standard InChI is InChI=1S/C16H22ClN/c1-11-3-2-4-14(9-11)18-16-8-5-12-10-13(17)6-7-15(12)16/h6-7,10-11,14,16,18H,2-5,8-9H2,1H3. The molecular formula is C16H22ClN. The molecule has 1 aromatic rings. The summed E-state index contributed by atoms with van der Waals surface area (Å²) in [6, 6.07) is 7.67. The zero-order valence-corrected chi connectivity index (χ0v) is 11.8. The van der Waals surface area contributed by atoms with Crippen molar-refractivity contribution in [3.63, 3.8) is 0 Å². The maximum Gasteiger partial charge on any atom is 0.0408 e. The Kier molecular flexibility index (Phi) is 3.63. The van der Waals surface area contributed by atoms with Gasteiger partial charge in [-0.15, -0.1) is 0 Å². The van der Waals surface area contributed by atoms with Gasteiger partial charge >= 0.3 is 0 Å². The molecule has 3 atom stereocenters. The van der Waals surface area contributed by atoms with Gasteiger partial charge < -0.3 is 5.32 Å². The third-order valence-electron chi connectivity index (χ3n) is 4.56. The normalized spacial score (nSPS) is 31.3. The summed E-state index contributed by atoms with van der Waals surface area (Å²) in [5.74, 6) is 0.891. The van der Waals surface area contributed by atoms with Crippen LogP contribution in [0.25, 0.3) is 0 Å². The average Bonchev–Trinajstić information content (AvgIpc) is 2.72. The first-order valence-corrected chi connectivity index (χ1v) is 7.64. The Bertz CT molecular complexity index is 429. The van der Waals surface area contributed by atoms with E-state index in [1.54, 1.807) is 0 Å². The molecule has 3 rings (SSSR count). The number of aryl methyl sites for hydroxylation is 1. The van der Waals surface area contributed by atoms with Crippen molar-refractivity contribution >= 4 is 11.6 Å². The van der Waals surface area contributed by atoms with E-state index < -0.39 is 0 Å². The summed E-state index contributed by atoms with van der Waals surface area (Å²) in [5.41, 5.74) is 2.93. The molecule has 0 heterocycles. The molecule has 18 heavy (non-hydrogen) atoms. The van der Waals surface area contributed by atoms with E-state index in [9.17, 15) is 0 Å². The lowest BCUT2D eigenvalue weighted by Crippen LogP contribution is -2.35. The van der Waals surface area contributed by atoms with E-state index in [4.69, 9.17) is 11.6 Å². The highest BCUT2D eigenvalue weighted by atomic mass is 35.5. The molecule has 2 aliphatic carbocycles. The first-order valence-electron chi connectivity index (χ1n) is 7.27. The van der Waals surface area contributed by atoms with Crippen LogP contribution in [0.4, 0.5) is 0 Å². The van der Waals surface area contributed by atoms with E-state index in [1.807, 2.05) is 6.07 Å². The first-order chi connectivity index (χ1) is 8.72.